The Bertz CT molecular complexity index is 1240. The fourth-order valence-corrected chi connectivity index (χ4v) is 3.88. The van der Waals surface area contributed by atoms with Crippen LogP contribution in [-0.4, -0.2) is 64.0 Å². The van der Waals surface area contributed by atoms with E-state index in [0.29, 0.717) is 17.4 Å². The second-order valence-corrected chi connectivity index (χ2v) is 7.93. The minimum absolute atomic E-state index is 0.522. The summed E-state index contributed by atoms with van der Waals surface area (Å²) in [5, 5.41) is 8.57. The Morgan fingerprint density at radius 2 is 1.82 bits per heavy atom. The fraction of sp³-hybridized carbons (Fsp3) is 0.292. The van der Waals surface area contributed by atoms with Gasteiger partial charge in [-0.1, -0.05) is 30.3 Å². The maximum absolute atomic E-state index is 6.34. The van der Waals surface area contributed by atoms with Crippen molar-refractivity contribution in [3.63, 3.8) is 0 Å². The minimum atomic E-state index is 0.522. The van der Waals surface area contributed by atoms with Crippen LogP contribution in [-0.2, 0) is 11.8 Å². The van der Waals surface area contributed by atoms with E-state index < -0.39 is 0 Å². The highest BCUT2D eigenvalue weighted by Crippen LogP contribution is 2.33. The predicted molar refractivity (Wildman–Crippen MR) is 128 cm³/mol. The Hall–Kier alpha value is -3.69. The molecule has 1 aliphatic heterocycles. The van der Waals surface area contributed by atoms with E-state index >= 15 is 0 Å². The molecule has 0 atom stereocenters. The van der Waals surface area contributed by atoms with Crippen LogP contribution >= 0.6 is 0 Å². The number of para-hydroxylation sites is 1. The van der Waals surface area contributed by atoms with Crippen LogP contribution in [0.5, 0.6) is 11.5 Å². The van der Waals surface area contributed by atoms with Gasteiger partial charge in [-0.25, -0.2) is 4.98 Å². The number of nitrogens with two attached hydrogens (primary N) is 1. The number of nitrogens with one attached hydrogen (secondary N) is 1. The number of fused-ring (bicyclic) bond motifs is 1. The Labute approximate surface area is 192 Å². The van der Waals surface area contributed by atoms with Crippen LogP contribution < -0.4 is 15.8 Å². The van der Waals surface area contributed by atoms with Gasteiger partial charge < -0.3 is 20.5 Å². The van der Waals surface area contributed by atoms with Gasteiger partial charge in [-0.3, -0.25) is 9.58 Å². The molecule has 3 heterocycles. The zero-order valence-corrected chi connectivity index (χ0v) is 18.6. The molecule has 4 aromatic rings. The molecule has 0 radical (unpaired) electrons. The first-order valence-corrected chi connectivity index (χ1v) is 11.0. The van der Waals surface area contributed by atoms with Crippen molar-refractivity contribution in [1.82, 2.24) is 24.6 Å². The zero-order valence-electron chi connectivity index (χ0n) is 18.6. The molecule has 9 nitrogen and oxygen atoms in total. The number of aryl methyl sites for hydroxylation is 1. The summed E-state index contributed by atoms with van der Waals surface area (Å²) in [5.41, 5.74) is 8.50. The standard InChI is InChI=1S/C24H27N7O2/c1-30-22(25)20-21(17-6-5-9-19(16-17)33-18-7-3-2-4-8-18)27-24(28-23(20)29-30)26-10-11-31-12-14-32-15-13-31/h2-9,16H,10-15,25H2,1H3,(H,26,28,29). The predicted octanol–water partition coefficient (Wildman–Crippen LogP) is 3.15. The van der Waals surface area contributed by atoms with Crippen LogP contribution in [0.2, 0.25) is 0 Å². The van der Waals surface area contributed by atoms with Gasteiger partial charge in [0, 0.05) is 38.8 Å². The van der Waals surface area contributed by atoms with Crippen LogP contribution in [0.25, 0.3) is 22.3 Å². The van der Waals surface area contributed by atoms with E-state index in [4.69, 9.17) is 20.2 Å². The first-order chi connectivity index (χ1) is 16.2. The first-order valence-electron chi connectivity index (χ1n) is 11.0. The summed E-state index contributed by atoms with van der Waals surface area (Å²) in [6, 6.07) is 17.5. The third-order valence-corrected chi connectivity index (χ3v) is 5.64. The lowest BCUT2D eigenvalue weighted by molar-refractivity contribution is 0.0398. The lowest BCUT2D eigenvalue weighted by Crippen LogP contribution is -2.39. The summed E-state index contributed by atoms with van der Waals surface area (Å²) >= 11 is 0. The quantitative estimate of drug-likeness (QED) is 0.447. The SMILES string of the molecule is Cn1nc2nc(NCCN3CCOCC3)nc(-c3cccc(Oc4ccccc4)c3)c2c1N. The highest BCUT2D eigenvalue weighted by Gasteiger charge is 2.18. The van der Waals surface area contributed by atoms with E-state index in [2.05, 4.69) is 20.3 Å². The number of anilines is 2. The first kappa shape index (κ1) is 21.2. The zero-order chi connectivity index (χ0) is 22.6. The van der Waals surface area contributed by atoms with E-state index in [9.17, 15) is 0 Å². The van der Waals surface area contributed by atoms with Crippen molar-refractivity contribution >= 4 is 22.8 Å². The number of morpholine rings is 1. The summed E-state index contributed by atoms with van der Waals surface area (Å²) in [4.78, 5) is 11.8. The molecule has 2 aromatic heterocycles. The number of benzene rings is 2. The highest BCUT2D eigenvalue weighted by molar-refractivity contribution is 5.99. The fourth-order valence-electron chi connectivity index (χ4n) is 3.88. The van der Waals surface area contributed by atoms with Crippen LogP contribution in [0.3, 0.4) is 0 Å². The lowest BCUT2D eigenvalue weighted by Gasteiger charge is -2.26. The van der Waals surface area contributed by atoms with Crippen LogP contribution in [0.4, 0.5) is 11.8 Å². The average molecular weight is 446 g/mol. The summed E-state index contributed by atoms with van der Waals surface area (Å²) in [6.07, 6.45) is 0. The van der Waals surface area contributed by atoms with Gasteiger partial charge in [0.2, 0.25) is 5.95 Å². The smallest absolute Gasteiger partial charge is 0.225 e. The van der Waals surface area contributed by atoms with Gasteiger partial charge in [-0.05, 0) is 24.3 Å². The van der Waals surface area contributed by atoms with Crippen molar-refractivity contribution in [2.75, 3.05) is 50.4 Å². The molecule has 0 spiro atoms. The van der Waals surface area contributed by atoms with Crippen molar-refractivity contribution in [3.8, 4) is 22.8 Å². The summed E-state index contributed by atoms with van der Waals surface area (Å²) < 4.78 is 13.1. The molecule has 9 heteroatoms. The minimum Gasteiger partial charge on any atom is -0.457 e. The van der Waals surface area contributed by atoms with Gasteiger partial charge in [0.1, 0.15) is 17.3 Å². The molecule has 170 valence electrons. The molecule has 0 amide bonds. The molecule has 2 aromatic carbocycles. The van der Waals surface area contributed by atoms with Crippen molar-refractivity contribution in [1.29, 1.82) is 0 Å². The molecular weight excluding hydrogens is 418 g/mol. The van der Waals surface area contributed by atoms with E-state index in [1.807, 2.05) is 54.6 Å². The van der Waals surface area contributed by atoms with Crippen molar-refractivity contribution < 1.29 is 9.47 Å². The van der Waals surface area contributed by atoms with Gasteiger partial charge in [0.15, 0.2) is 5.65 Å². The van der Waals surface area contributed by atoms with Gasteiger partial charge >= 0.3 is 0 Å². The van der Waals surface area contributed by atoms with Gasteiger partial charge in [0.05, 0.1) is 24.3 Å². The van der Waals surface area contributed by atoms with E-state index in [-0.39, 0.29) is 0 Å². The maximum atomic E-state index is 6.34. The summed E-state index contributed by atoms with van der Waals surface area (Å²) in [6.45, 7) is 5.06. The van der Waals surface area contributed by atoms with Gasteiger partial charge in [-0.15, -0.1) is 0 Å². The van der Waals surface area contributed by atoms with Crippen LogP contribution in [0, 0.1) is 0 Å². The molecule has 0 bridgehead atoms. The number of hydrogen-bond donors (Lipinski definition) is 2. The lowest BCUT2D eigenvalue weighted by atomic mass is 10.1. The van der Waals surface area contributed by atoms with Gasteiger partial charge in [-0.2, -0.15) is 10.1 Å². The Morgan fingerprint density at radius 1 is 1.03 bits per heavy atom. The highest BCUT2D eigenvalue weighted by atomic mass is 16.5. The molecule has 0 unspecified atom stereocenters. The third-order valence-electron chi connectivity index (χ3n) is 5.64. The van der Waals surface area contributed by atoms with Crippen LogP contribution in [0.1, 0.15) is 0 Å². The second kappa shape index (κ2) is 9.43. The second-order valence-electron chi connectivity index (χ2n) is 7.93. The van der Waals surface area contributed by atoms with Crippen LogP contribution in [0.15, 0.2) is 54.6 Å². The van der Waals surface area contributed by atoms with E-state index in [1.165, 1.54) is 0 Å². The van der Waals surface area contributed by atoms with Crippen molar-refractivity contribution in [3.05, 3.63) is 54.6 Å². The van der Waals surface area contributed by atoms with Crippen molar-refractivity contribution in [2.45, 2.75) is 0 Å². The Morgan fingerprint density at radius 3 is 2.64 bits per heavy atom. The third kappa shape index (κ3) is 4.74. The summed E-state index contributed by atoms with van der Waals surface area (Å²) in [7, 11) is 1.81. The van der Waals surface area contributed by atoms with E-state index in [1.54, 1.807) is 11.7 Å². The number of hydrogen-bond acceptors (Lipinski definition) is 8. The monoisotopic (exact) mass is 445 g/mol. The number of nitrogen functional groups attached to an aromatic ring is 1. The van der Waals surface area contributed by atoms with Gasteiger partial charge in [0.25, 0.3) is 0 Å². The molecule has 1 saturated heterocycles. The number of aromatic nitrogens is 4. The molecular formula is C24H27N7O2. The molecule has 5 rings (SSSR count). The molecule has 33 heavy (non-hydrogen) atoms. The number of rotatable bonds is 7. The Balaban J connectivity index is 1.44. The summed E-state index contributed by atoms with van der Waals surface area (Å²) in [5.74, 6) is 2.54. The number of ether oxygens (including phenoxy) is 2. The molecule has 1 aliphatic rings. The topological polar surface area (TPSA) is 103 Å². The normalized spacial score (nSPS) is 14.5. The largest absolute Gasteiger partial charge is 0.457 e. The van der Waals surface area contributed by atoms with E-state index in [0.717, 1.165) is 67.5 Å². The molecule has 3 N–H and O–H groups in total. The average Bonchev–Trinajstić information content (AvgIpc) is 3.13. The maximum Gasteiger partial charge on any atom is 0.225 e. The number of nitrogens with zero attached hydrogens (tertiary/aromatic N) is 5. The molecule has 0 saturated carbocycles. The molecule has 0 aliphatic carbocycles. The van der Waals surface area contributed by atoms with Crippen molar-refractivity contribution in [2.24, 2.45) is 7.05 Å². The molecule has 1 fully saturated rings. The Kier molecular flexibility index (Phi) is 6.05.